The molecule has 144 valence electrons. The van der Waals surface area contributed by atoms with Gasteiger partial charge in [0.05, 0.1) is 0 Å². The molecule has 4 aliphatic rings. The second kappa shape index (κ2) is 14.0. The summed E-state index contributed by atoms with van der Waals surface area (Å²) < 4.78 is 0. The molecule has 4 rings (SSSR count). The molecule has 2 saturated carbocycles. The fourth-order valence-electron chi connectivity index (χ4n) is 4.00. The normalized spacial score (nSPS) is 34.8. The van der Waals surface area contributed by atoms with E-state index in [9.17, 15) is 0 Å². The molecule has 0 aromatic carbocycles. The fourth-order valence-corrected chi connectivity index (χ4v) is 4.00. The SMILES string of the molecule is CC1[CH-]C2C=CC=CC2C1.CC1[CH-]C2C=CC=CC2C1.[CH3][Ge]([CH3])=[Hf+2].[Cl-].[Cl-]. The van der Waals surface area contributed by atoms with E-state index in [4.69, 9.17) is 0 Å². The molecule has 0 aliphatic heterocycles. The predicted molar refractivity (Wildman–Crippen MR) is 104 cm³/mol. The summed E-state index contributed by atoms with van der Waals surface area (Å²) in [5.74, 6) is 9.57. The van der Waals surface area contributed by atoms with Gasteiger partial charge in [-0.25, -0.2) is 0 Å². The molecule has 0 spiro atoms. The van der Waals surface area contributed by atoms with Gasteiger partial charge in [-0.05, 0) is 11.8 Å². The van der Waals surface area contributed by atoms with Crippen LogP contribution >= 0.6 is 0 Å². The maximum atomic E-state index is 2.46. The minimum atomic E-state index is -0.194. The van der Waals surface area contributed by atoms with Gasteiger partial charge in [0.2, 0.25) is 0 Å². The first kappa shape index (κ1) is 27.0. The summed E-state index contributed by atoms with van der Waals surface area (Å²) in [6, 6.07) is 0. The third-order valence-corrected chi connectivity index (χ3v) is 4.98. The number of hydrogen-bond donors (Lipinski definition) is 0. The van der Waals surface area contributed by atoms with Gasteiger partial charge >= 0.3 is 42.8 Å². The van der Waals surface area contributed by atoms with Crippen LogP contribution < -0.4 is 24.8 Å². The molecule has 0 nitrogen and oxygen atoms in total. The summed E-state index contributed by atoms with van der Waals surface area (Å²) in [4.78, 5) is 0. The third-order valence-electron chi connectivity index (χ3n) is 4.98. The van der Waals surface area contributed by atoms with Crippen molar-refractivity contribution in [1.82, 2.24) is 0 Å². The van der Waals surface area contributed by atoms with Gasteiger partial charge in [-0.3, -0.25) is 0 Å². The van der Waals surface area contributed by atoms with Crippen LogP contribution in [0.2, 0.25) is 11.5 Å². The average Bonchev–Trinajstić information content (AvgIpc) is 3.07. The largest absolute Gasteiger partial charge is 1.00 e. The molecule has 0 N–H and O–H groups in total. The first-order chi connectivity index (χ1) is 11.5. The van der Waals surface area contributed by atoms with Crippen LogP contribution in [0.5, 0.6) is 0 Å². The van der Waals surface area contributed by atoms with Crippen LogP contribution in [-0.4, -0.2) is 10.1 Å². The van der Waals surface area contributed by atoms with Crippen LogP contribution in [0.3, 0.4) is 0 Å². The summed E-state index contributed by atoms with van der Waals surface area (Å²) >= 11 is 1.52. The van der Waals surface area contributed by atoms with Crippen molar-refractivity contribution in [1.29, 1.82) is 0 Å². The molecule has 6 unspecified atom stereocenters. The minimum Gasteiger partial charge on any atom is -1.00 e. The Morgan fingerprint density at radius 3 is 1.35 bits per heavy atom. The number of allylic oxidation sites excluding steroid dienone is 8. The van der Waals surface area contributed by atoms with E-state index in [2.05, 4.69) is 86.8 Å². The molecular weight excluding hydrogens is 586 g/mol. The monoisotopic (exact) mass is 620 g/mol. The Kier molecular flexibility index (Phi) is 14.5. The zero-order valence-corrected chi connectivity index (χ0v) is 23.6. The van der Waals surface area contributed by atoms with Crippen molar-refractivity contribution >= 4 is 10.1 Å². The number of hydrogen-bond acceptors (Lipinski definition) is 0. The van der Waals surface area contributed by atoms with Crippen molar-refractivity contribution in [2.24, 2.45) is 35.5 Å². The second-order valence-corrected chi connectivity index (χ2v) is 30.7. The molecule has 26 heavy (non-hydrogen) atoms. The first-order valence-electron chi connectivity index (χ1n) is 9.37. The van der Waals surface area contributed by atoms with Crippen LogP contribution in [0.1, 0.15) is 26.7 Å². The Morgan fingerprint density at radius 1 is 0.731 bits per heavy atom. The standard InChI is InChI=1S/2C10H13.C2H6Ge.2ClH.Hf/c2*1-8-6-9-4-2-3-5-10(9)7-8;1-3-2;;;/h2*2-6,8-10H,7H2,1H3;1-2H3;2*1H;/q2*-1;;;;+2/p-2. The third kappa shape index (κ3) is 9.44. The predicted octanol–water partition coefficient (Wildman–Crippen LogP) is -0.0299. The fraction of sp³-hybridized carbons (Fsp3) is 0.545. The number of rotatable bonds is 0. The Balaban J connectivity index is 0.000000378. The van der Waals surface area contributed by atoms with E-state index < -0.39 is 0 Å². The maximum Gasteiger partial charge on any atom is -1.00 e. The van der Waals surface area contributed by atoms with Gasteiger partial charge in [-0.1, -0.05) is 63.1 Å². The molecular formula is C22H32Cl2GeHf-2. The van der Waals surface area contributed by atoms with Crippen molar-refractivity contribution < 1.29 is 46.1 Å². The van der Waals surface area contributed by atoms with Crippen molar-refractivity contribution in [3.63, 3.8) is 0 Å². The molecule has 0 radical (unpaired) electrons. The van der Waals surface area contributed by atoms with E-state index in [1.54, 1.807) is 0 Å². The van der Waals surface area contributed by atoms with E-state index in [0.717, 1.165) is 35.5 Å². The van der Waals surface area contributed by atoms with Gasteiger partial charge in [0.15, 0.2) is 0 Å². The van der Waals surface area contributed by atoms with Crippen LogP contribution in [0, 0.1) is 48.3 Å². The molecule has 0 bridgehead atoms. The second-order valence-electron chi connectivity index (χ2n) is 7.83. The Bertz CT molecular complexity index is 452. The molecule has 4 heteroatoms. The molecule has 2 fully saturated rings. The van der Waals surface area contributed by atoms with E-state index in [-0.39, 0.29) is 34.9 Å². The summed E-state index contributed by atoms with van der Waals surface area (Å²) in [5, 5.41) is 0. The van der Waals surface area contributed by atoms with Crippen LogP contribution in [0.25, 0.3) is 0 Å². The Hall–Kier alpha value is 0.953. The van der Waals surface area contributed by atoms with Crippen LogP contribution in [0.15, 0.2) is 48.6 Å². The Labute approximate surface area is 190 Å². The van der Waals surface area contributed by atoms with Crippen LogP contribution in [0.4, 0.5) is 0 Å². The topological polar surface area (TPSA) is 0 Å². The van der Waals surface area contributed by atoms with Crippen LogP contribution in [-0.2, 0) is 21.3 Å². The zero-order chi connectivity index (χ0) is 17.5. The zero-order valence-electron chi connectivity index (χ0n) is 16.4. The Morgan fingerprint density at radius 2 is 1.04 bits per heavy atom. The minimum absolute atomic E-state index is 0. The van der Waals surface area contributed by atoms with E-state index in [1.807, 2.05) is 0 Å². The first-order valence-corrected chi connectivity index (χ1v) is 24.0. The van der Waals surface area contributed by atoms with Gasteiger partial charge in [0, 0.05) is 0 Å². The summed E-state index contributed by atoms with van der Waals surface area (Å²) in [7, 11) is -0.194. The molecule has 0 amide bonds. The molecule has 0 saturated heterocycles. The smallest absolute Gasteiger partial charge is 1.00 e. The quantitative estimate of drug-likeness (QED) is 0.265. The molecule has 0 heterocycles. The maximum absolute atomic E-state index is 2.46. The summed E-state index contributed by atoms with van der Waals surface area (Å²) in [6.45, 7) is 4.61. The average molecular weight is 619 g/mol. The summed E-state index contributed by atoms with van der Waals surface area (Å²) in [6.07, 6.45) is 25.6. The van der Waals surface area contributed by atoms with Gasteiger partial charge in [0.1, 0.15) is 0 Å². The summed E-state index contributed by atoms with van der Waals surface area (Å²) in [5.41, 5.74) is 0. The van der Waals surface area contributed by atoms with E-state index in [0.29, 0.717) is 0 Å². The number of halogens is 2. The van der Waals surface area contributed by atoms with Crippen molar-refractivity contribution in [3.05, 3.63) is 61.4 Å². The van der Waals surface area contributed by atoms with Crippen molar-refractivity contribution in [3.8, 4) is 0 Å². The molecule has 0 aromatic heterocycles. The van der Waals surface area contributed by atoms with Crippen molar-refractivity contribution in [2.45, 2.75) is 38.2 Å². The molecule has 6 atom stereocenters. The van der Waals surface area contributed by atoms with E-state index >= 15 is 0 Å². The van der Waals surface area contributed by atoms with Gasteiger partial charge in [0.25, 0.3) is 0 Å². The van der Waals surface area contributed by atoms with Gasteiger partial charge in [-0.2, -0.15) is 11.8 Å². The van der Waals surface area contributed by atoms with Gasteiger partial charge < -0.3 is 37.7 Å². The van der Waals surface area contributed by atoms with Gasteiger partial charge in [-0.15, -0.1) is 24.0 Å². The van der Waals surface area contributed by atoms with E-state index in [1.165, 1.54) is 34.1 Å². The number of fused-ring (bicyclic) bond motifs is 2. The molecule has 4 aliphatic carbocycles. The van der Waals surface area contributed by atoms with Crippen molar-refractivity contribution in [2.75, 3.05) is 0 Å². The molecule has 0 aromatic rings.